The molecule has 35 heavy (non-hydrogen) atoms. The molecule has 2 aromatic carbocycles. The number of carbonyl (C=O) groups is 2. The first-order valence-corrected chi connectivity index (χ1v) is 12.4. The predicted molar refractivity (Wildman–Crippen MR) is 128 cm³/mol. The van der Waals surface area contributed by atoms with Gasteiger partial charge >= 0.3 is 5.97 Å². The minimum absolute atomic E-state index is 0.0161. The first-order chi connectivity index (χ1) is 16.7. The molecule has 1 aliphatic rings. The Morgan fingerprint density at radius 3 is 2.54 bits per heavy atom. The number of fused-ring (bicyclic) bond motifs is 1. The Balaban J connectivity index is 1.48. The number of anilines is 1. The Morgan fingerprint density at radius 2 is 1.86 bits per heavy atom. The highest BCUT2D eigenvalue weighted by atomic mass is 32.2. The summed E-state index contributed by atoms with van der Waals surface area (Å²) >= 11 is 0. The van der Waals surface area contributed by atoms with Crippen molar-refractivity contribution < 1.29 is 27.5 Å². The van der Waals surface area contributed by atoms with E-state index in [0.717, 1.165) is 34.1 Å². The van der Waals surface area contributed by atoms with Gasteiger partial charge < -0.3 is 14.8 Å². The van der Waals surface area contributed by atoms with Crippen molar-refractivity contribution in [2.24, 2.45) is 0 Å². The normalized spacial score (nSPS) is 12.9. The number of sulfonamides is 1. The van der Waals surface area contributed by atoms with Crippen LogP contribution in [0.15, 0.2) is 53.4 Å². The van der Waals surface area contributed by atoms with Crippen molar-refractivity contribution in [1.29, 1.82) is 0 Å². The Hall–Kier alpha value is -3.70. The van der Waals surface area contributed by atoms with Crippen molar-refractivity contribution in [3.8, 4) is 11.4 Å². The Morgan fingerprint density at radius 1 is 1.11 bits per heavy atom. The van der Waals surface area contributed by atoms with Gasteiger partial charge in [-0.15, -0.1) is 0 Å². The van der Waals surface area contributed by atoms with Gasteiger partial charge in [-0.3, -0.25) is 4.79 Å². The molecule has 0 spiro atoms. The molecule has 1 aromatic heterocycles. The fraction of sp³-hybridized carbons (Fsp3) is 0.292. The molecule has 0 radical (unpaired) electrons. The summed E-state index contributed by atoms with van der Waals surface area (Å²) in [6.45, 7) is -0.570. The van der Waals surface area contributed by atoms with Crippen LogP contribution in [-0.2, 0) is 32.4 Å². The van der Waals surface area contributed by atoms with Crippen LogP contribution in [0.1, 0.15) is 28.2 Å². The highest BCUT2D eigenvalue weighted by molar-refractivity contribution is 7.89. The molecule has 10 nitrogen and oxygen atoms in total. The summed E-state index contributed by atoms with van der Waals surface area (Å²) in [6.07, 6.45) is 2.42. The number of nitrogens with zero attached hydrogens (tertiary/aromatic N) is 3. The number of nitrogens with one attached hydrogen (secondary N) is 1. The number of para-hydroxylation sites is 1. The van der Waals surface area contributed by atoms with Crippen LogP contribution in [0, 0.1) is 0 Å². The van der Waals surface area contributed by atoms with Crippen molar-refractivity contribution in [2.45, 2.75) is 24.2 Å². The van der Waals surface area contributed by atoms with Crippen LogP contribution in [0.2, 0.25) is 0 Å². The van der Waals surface area contributed by atoms with Crippen molar-refractivity contribution in [3.63, 3.8) is 0 Å². The molecule has 1 aliphatic carbocycles. The molecule has 0 saturated heterocycles. The van der Waals surface area contributed by atoms with Crippen molar-refractivity contribution in [1.82, 2.24) is 14.1 Å². The van der Waals surface area contributed by atoms with Crippen LogP contribution in [0.4, 0.5) is 5.69 Å². The molecular formula is C24H26N4O6S. The standard InChI is InChI=1S/C24H26N4O6S/c1-27(2)35(31,32)17-12-13-21(33-3)19(14-17)25-22(29)15-34-24(30)23-18-10-7-11-20(18)28(26-23)16-8-5-4-6-9-16/h4-6,8-9,12-14H,7,10-11,15H2,1-3H3,(H,25,29). The van der Waals surface area contributed by atoms with Crippen LogP contribution in [0.25, 0.3) is 5.69 Å². The molecule has 0 atom stereocenters. The fourth-order valence-corrected chi connectivity index (χ4v) is 4.85. The molecule has 0 unspecified atom stereocenters. The monoisotopic (exact) mass is 498 g/mol. The first-order valence-electron chi connectivity index (χ1n) is 11.0. The van der Waals surface area contributed by atoms with Gasteiger partial charge in [0.05, 0.1) is 23.4 Å². The quantitative estimate of drug-likeness (QED) is 0.474. The maximum atomic E-state index is 12.8. The topological polar surface area (TPSA) is 120 Å². The molecule has 11 heteroatoms. The van der Waals surface area contributed by atoms with Gasteiger partial charge in [-0.2, -0.15) is 5.10 Å². The molecule has 3 aromatic rings. The van der Waals surface area contributed by atoms with Gasteiger partial charge in [0, 0.05) is 25.4 Å². The lowest BCUT2D eigenvalue weighted by Gasteiger charge is -2.15. The number of rotatable bonds is 8. The second-order valence-corrected chi connectivity index (χ2v) is 10.3. The summed E-state index contributed by atoms with van der Waals surface area (Å²) in [5.41, 5.74) is 3.00. The lowest BCUT2D eigenvalue weighted by Crippen LogP contribution is -2.24. The second kappa shape index (κ2) is 9.88. The zero-order chi connectivity index (χ0) is 25.2. The maximum absolute atomic E-state index is 12.8. The smallest absolute Gasteiger partial charge is 0.359 e. The summed E-state index contributed by atoms with van der Waals surface area (Å²) in [5.74, 6) is -1.07. The minimum atomic E-state index is -3.72. The van der Waals surface area contributed by atoms with E-state index in [0.29, 0.717) is 6.42 Å². The molecule has 0 aliphatic heterocycles. The van der Waals surface area contributed by atoms with Crippen LogP contribution in [0.5, 0.6) is 5.75 Å². The first kappa shape index (κ1) is 24.4. The largest absolute Gasteiger partial charge is 0.495 e. The van der Waals surface area contributed by atoms with Gasteiger partial charge in [0.15, 0.2) is 12.3 Å². The lowest BCUT2D eigenvalue weighted by molar-refractivity contribution is -0.119. The van der Waals surface area contributed by atoms with E-state index in [-0.39, 0.29) is 22.0 Å². The van der Waals surface area contributed by atoms with Crippen molar-refractivity contribution >= 4 is 27.6 Å². The van der Waals surface area contributed by atoms with Gasteiger partial charge in [0.25, 0.3) is 5.91 Å². The van der Waals surface area contributed by atoms with E-state index in [1.807, 2.05) is 30.3 Å². The highest BCUT2D eigenvalue weighted by Gasteiger charge is 2.28. The molecule has 0 saturated carbocycles. The number of aromatic nitrogens is 2. The number of ether oxygens (including phenoxy) is 2. The van der Waals surface area contributed by atoms with Crippen LogP contribution >= 0.6 is 0 Å². The molecule has 1 heterocycles. The maximum Gasteiger partial charge on any atom is 0.359 e. The van der Waals surface area contributed by atoms with Crippen LogP contribution in [-0.4, -0.2) is 62.2 Å². The van der Waals surface area contributed by atoms with Gasteiger partial charge in [-0.05, 0) is 49.6 Å². The van der Waals surface area contributed by atoms with Gasteiger partial charge in [0.1, 0.15) is 5.75 Å². The van der Waals surface area contributed by atoms with Gasteiger partial charge in [-0.1, -0.05) is 18.2 Å². The highest BCUT2D eigenvalue weighted by Crippen LogP contribution is 2.29. The molecule has 0 bridgehead atoms. The summed E-state index contributed by atoms with van der Waals surface area (Å²) in [7, 11) is 0.499. The zero-order valence-electron chi connectivity index (χ0n) is 19.6. The van der Waals surface area contributed by atoms with E-state index in [1.165, 1.54) is 39.4 Å². The van der Waals surface area contributed by atoms with Gasteiger partial charge in [-0.25, -0.2) is 22.2 Å². The molecule has 1 amide bonds. The van der Waals surface area contributed by atoms with Crippen LogP contribution < -0.4 is 10.1 Å². The molecule has 0 fully saturated rings. The summed E-state index contributed by atoms with van der Waals surface area (Å²) in [4.78, 5) is 25.3. The van der Waals surface area contributed by atoms with E-state index in [9.17, 15) is 18.0 Å². The van der Waals surface area contributed by atoms with E-state index in [1.54, 1.807) is 4.68 Å². The average molecular weight is 499 g/mol. The molecule has 184 valence electrons. The summed E-state index contributed by atoms with van der Waals surface area (Å²) < 4.78 is 38.2. The van der Waals surface area contributed by atoms with E-state index in [4.69, 9.17) is 9.47 Å². The molecule has 4 rings (SSSR count). The number of hydrogen-bond donors (Lipinski definition) is 1. The number of carbonyl (C=O) groups excluding carboxylic acids is 2. The fourth-order valence-electron chi connectivity index (χ4n) is 3.93. The van der Waals surface area contributed by atoms with Crippen molar-refractivity contribution in [2.75, 3.05) is 33.1 Å². The number of hydrogen-bond acceptors (Lipinski definition) is 7. The summed E-state index contributed by atoms with van der Waals surface area (Å²) in [6, 6.07) is 13.6. The van der Waals surface area contributed by atoms with E-state index < -0.39 is 28.5 Å². The molecule has 1 N–H and O–H groups in total. The van der Waals surface area contributed by atoms with Gasteiger partial charge in [0.2, 0.25) is 10.0 Å². The van der Waals surface area contributed by atoms with Crippen LogP contribution in [0.3, 0.4) is 0 Å². The Labute approximate surface area is 203 Å². The number of benzene rings is 2. The van der Waals surface area contributed by atoms with E-state index in [2.05, 4.69) is 10.4 Å². The third kappa shape index (κ3) is 4.91. The third-order valence-electron chi connectivity index (χ3n) is 5.68. The third-order valence-corrected chi connectivity index (χ3v) is 7.49. The predicted octanol–water partition coefficient (Wildman–Crippen LogP) is 2.42. The SMILES string of the molecule is COc1ccc(S(=O)(=O)N(C)C)cc1NC(=O)COC(=O)c1nn(-c2ccccc2)c2c1CCC2. The van der Waals surface area contributed by atoms with E-state index >= 15 is 0 Å². The Bertz CT molecular complexity index is 1370. The number of esters is 1. The average Bonchev–Trinajstić information content (AvgIpc) is 3.46. The molecular weight excluding hydrogens is 472 g/mol. The lowest BCUT2D eigenvalue weighted by atomic mass is 10.2. The number of methoxy groups -OCH3 is 1. The summed E-state index contributed by atoms with van der Waals surface area (Å²) in [5, 5.41) is 7.02. The zero-order valence-corrected chi connectivity index (χ0v) is 20.5. The second-order valence-electron chi connectivity index (χ2n) is 8.15. The Kier molecular flexibility index (Phi) is 6.90. The van der Waals surface area contributed by atoms with Crippen molar-refractivity contribution in [3.05, 3.63) is 65.5 Å². The minimum Gasteiger partial charge on any atom is -0.495 e. The number of amides is 1.